The van der Waals surface area contributed by atoms with Crippen LogP contribution in [0.15, 0.2) is 237 Å². The van der Waals surface area contributed by atoms with Crippen molar-refractivity contribution < 1.29 is 126 Å². The number of hydrogen-bond acceptors (Lipinski definition) is 27. The number of benzene rings is 9. The van der Waals surface area contributed by atoms with Crippen LogP contribution in [0.1, 0.15) is 91.6 Å². The Kier molecular flexibility index (Phi) is 30.7. The quantitative estimate of drug-likeness (QED) is 0.0196. The molecule has 0 heterocycles. The molecule has 0 aromatic heterocycles. The number of hydrogen-bond donors (Lipinski definition) is 0. The largest absolute Gasteiger partial charge is 0.475 e. The topological polar surface area (TPSA) is 320 Å². The van der Waals surface area contributed by atoms with E-state index < -0.39 is 136 Å². The van der Waals surface area contributed by atoms with Crippen LogP contribution in [0.5, 0.6) is 34.5 Å². The molecule has 0 spiro atoms. The molecule has 0 saturated heterocycles. The fourth-order valence-corrected chi connectivity index (χ4v) is 15.0. The van der Waals surface area contributed by atoms with Crippen molar-refractivity contribution in [3.63, 3.8) is 0 Å². The van der Waals surface area contributed by atoms with E-state index in [1.165, 1.54) is 163 Å². The van der Waals surface area contributed by atoms with E-state index >= 15 is 13.7 Å². The highest BCUT2D eigenvalue weighted by Crippen LogP contribution is 2.61. The van der Waals surface area contributed by atoms with Gasteiger partial charge in [-0.1, -0.05) is 164 Å². The number of phosphoric ester groups is 3. The molecule has 1 fully saturated rings. The van der Waals surface area contributed by atoms with E-state index in [1.807, 2.05) is 0 Å². The molecule has 6 atom stereocenters. The monoisotopic (exact) mass is 1580 g/mol. The lowest BCUT2D eigenvalue weighted by atomic mass is 9.84. The first kappa shape index (κ1) is 83.5. The van der Waals surface area contributed by atoms with Crippen LogP contribution in [0.25, 0.3) is 0 Å². The molecule has 0 unspecified atom stereocenters. The zero-order valence-electron chi connectivity index (χ0n) is 61.2. The second kappa shape index (κ2) is 40.8. The summed E-state index contributed by atoms with van der Waals surface area (Å²) in [4.78, 5) is 72.3. The number of rotatable bonds is 39. The van der Waals surface area contributed by atoms with Gasteiger partial charge in [-0.15, -0.1) is 0 Å². The Labute approximate surface area is 640 Å². The van der Waals surface area contributed by atoms with Crippen molar-refractivity contribution in [1.82, 2.24) is 0 Å². The molecule has 10 rings (SSSR count). The second-order valence-electron chi connectivity index (χ2n) is 24.9. The SMILES string of the molecule is CC(=O)Oc1ccc(COP(=O)(OCc2ccc(OC(C)=O)cc2)O[C@@H]2[C@H](OCc3ccccc3)[C@H](OCc3ccccc3)[C@@H](OP(=O)(OCc3ccc(OC(C)=O)cc3)OCc3ccc(OC(C)=O)cc3)[C@H](OP(=O)(OCc3ccc(OC(C)=O)cc3)OCc3ccc(OC(C)=O)cc3)[C@H]2OCc2ccccc2)cc1. The Hall–Kier alpha value is -9.99. The van der Waals surface area contributed by atoms with Gasteiger partial charge in [0.2, 0.25) is 0 Å². The third-order valence-electron chi connectivity index (χ3n) is 16.0. The molecule has 27 nitrogen and oxygen atoms in total. The summed E-state index contributed by atoms with van der Waals surface area (Å²) in [6, 6.07) is 62.6. The maximum atomic E-state index is 16.8. The van der Waals surface area contributed by atoms with E-state index in [0.717, 1.165) is 0 Å². The summed E-state index contributed by atoms with van der Waals surface area (Å²) in [6.07, 6.45) is -11.6. The van der Waals surface area contributed by atoms with Crippen LogP contribution in [0, 0.1) is 0 Å². The Morgan fingerprint density at radius 1 is 0.216 bits per heavy atom. The Bertz CT molecular complexity index is 4470. The van der Waals surface area contributed by atoms with Crippen LogP contribution in [0.2, 0.25) is 0 Å². The molecule has 111 heavy (non-hydrogen) atoms. The molecule has 9 aromatic rings. The molecule has 0 amide bonds. The fraction of sp³-hybridized carbons (Fsp3) is 0.259. The molecule has 0 bridgehead atoms. The minimum atomic E-state index is -5.40. The molecule has 1 aliphatic rings. The van der Waals surface area contributed by atoms with Gasteiger partial charge in [-0.3, -0.25) is 69.5 Å². The Morgan fingerprint density at radius 2 is 0.369 bits per heavy atom. The molecular formula is C81H81O27P3. The number of carbonyl (C=O) groups excluding carboxylic acids is 6. The Morgan fingerprint density at radius 3 is 0.541 bits per heavy atom. The zero-order valence-corrected chi connectivity index (χ0v) is 63.9. The van der Waals surface area contributed by atoms with E-state index in [4.69, 9.17) is 83.3 Å². The van der Waals surface area contributed by atoms with E-state index in [-0.39, 0.29) is 54.3 Å². The van der Waals surface area contributed by atoms with Crippen LogP contribution in [-0.4, -0.2) is 72.4 Å². The molecule has 0 aliphatic heterocycles. The summed E-state index contributed by atoms with van der Waals surface area (Å²) in [5, 5.41) is 0. The number of phosphoric acid groups is 3. The molecule has 9 aromatic carbocycles. The van der Waals surface area contributed by atoms with E-state index in [0.29, 0.717) is 50.1 Å². The maximum absolute atomic E-state index is 16.8. The predicted octanol–water partition coefficient (Wildman–Crippen LogP) is 16.1. The first-order chi connectivity index (χ1) is 53.4. The molecule has 582 valence electrons. The van der Waals surface area contributed by atoms with E-state index in [2.05, 4.69) is 0 Å². The molecule has 30 heteroatoms. The molecule has 1 saturated carbocycles. The van der Waals surface area contributed by atoms with Gasteiger partial charge < -0.3 is 42.6 Å². The van der Waals surface area contributed by atoms with Gasteiger partial charge in [-0.2, -0.15) is 0 Å². The van der Waals surface area contributed by atoms with Crippen molar-refractivity contribution in [3.05, 3.63) is 287 Å². The third kappa shape index (κ3) is 27.2. The summed E-state index contributed by atoms with van der Waals surface area (Å²) in [7, 11) is -16.0. The minimum Gasteiger partial charge on any atom is -0.427 e. The van der Waals surface area contributed by atoms with Gasteiger partial charge in [0.25, 0.3) is 0 Å². The van der Waals surface area contributed by atoms with Crippen molar-refractivity contribution in [2.24, 2.45) is 0 Å². The average molecular weight is 1580 g/mol. The van der Waals surface area contributed by atoms with E-state index in [1.54, 1.807) is 115 Å². The normalized spacial score (nSPS) is 16.4. The van der Waals surface area contributed by atoms with Crippen LogP contribution in [0.3, 0.4) is 0 Å². The second-order valence-corrected chi connectivity index (χ2v) is 29.8. The summed E-state index contributed by atoms with van der Waals surface area (Å²) >= 11 is 0. The van der Waals surface area contributed by atoms with Crippen molar-refractivity contribution in [3.8, 4) is 34.5 Å². The van der Waals surface area contributed by atoms with Crippen LogP contribution < -0.4 is 28.4 Å². The van der Waals surface area contributed by atoms with Crippen LogP contribution in [-0.2, 0) is 157 Å². The van der Waals surface area contributed by atoms with E-state index in [9.17, 15) is 28.8 Å². The van der Waals surface area contributed by atoms with Gasteiger partial charge in [0, 0.05) is 41.5 Å². The zero-order chi connectivity index (χ0) is 78.8. The summed E-state index contributed by atoms with van der Waals surface area (Å²) in [6.45, 7) is 3.18. The van der Waals surface area contributed by atoms with Crippen molar-refractivity contribution in [2.45, 2.75) is 138 Å². The van der Waals surface area contributed by atoms with Gasteiger partial charge in [0.15, 0.2) is 0 Å². The number of ether oxygens (including phenoxy) is 9. The van der Waals surface area contributed by atoms with Gasteiger partial charge in [0.05, 0.1) is 59.5 Å². The lowest BCUT2D eigenvalue weighted by molar-refractivity contribution is -0.255. The highest BCUT2D eigenvalue weighted by atomic mass is 31.2. The van der Waals surface area contributed by atoms with Crippen LogP contribution in [0.4, 0.5) is 0 Å². The lowest BCUT2D eigenvalue weighted by Crippen LogP contribution is -2.67. The highest BCUT2D eigenvalue weighted by molar-refractivity contribution is 7.49. The summed E-state index contributed by atoms with van der Waals surface area (Å²) in [5.74, 6) is -2.48. The smallest absolute Gasteiger partial charge is 0.427 e. The number of esters is 6. The fourth-order valence-electron chi connectivity index (χ4n) is 10.9. The third-order valence-corrected chi connectivity index (χ3v) is 20.2. The molecule has 1 aliphatic carbocycles. The number of carbonyl (C=O) groups is 6. The first-order valence-electron chi connectivity index (χ1n) is 34.7. The lowest BCUT2D eigenvalue weighted by Gasteiger charge is -2.50. The van der Waals surface area contributed by atoms with Crippen molar-refractivity contribution in [1.29, 1.82) is 0 Å². The highest BCUT2D eigenvalue weighted by Gasteiger charge is 2.61. The van der Waals surface area contributed by atoms with Crippen molar-refractivity contribution in [2.75, 3.05) is 0 Å². The molecule has 0 radical (unpaired) electrons. The van der Waals surface area contributed by atoms with Crippen LogP contribution >= 0.6 is 23.5 Å². The van der Waals surface area contributed by atoms with Crippen molar-refractivity contribution >= 4 is 59.3 Å². The first-order valence-corrected chi connectivity index (χ1v) is 39.1. The van der Waals surface area contributed by atoms with Gasteiger partial charge in [0.1, 0.15) is 71.1 Å². The van der Waals surface area contributed by atoms with Gasteiger partial charge in [-0.05, 0) is 123 Å². The predicted molar refractivity (Wildman–Crippen MR) is 398 cm³/mol. The Balaban J connectivity index is 1.20. The molecular weight excluding hydrogens is 1500 g/mol. The maximum Gasteiger partial charge on any atom is 0.475 e. The average Bonchev–Trinajstić information content (AvgIpc) is 0.744. The standard InChI is InChI=1S/C81H81O27P3/c1-55(82)100-70-34-22-64(23-35-70)49-94-109(88,95-50-65-24-36-71(37-25-65)101-56(2)83)106-79-76(91-46-61-16-10-7-11-17-61)77(92-47-62-18-12-8-13-19-62)80(107-110(89,96-51-66-26-38-72(39-27-66)102-57(3)84)97-52-67-28-40-73(41-29-67)103-58(4)85)81(78(79)93-48-63-20-14-9-15-21-63)108-111(90,98-53-68-30-42-74(43-31-68)104-59(5)86)99-54-69-32-44-75(45-33-69)105-60(6)87/h7-45,76-81H,46-54H2,1-6H3/t76-,77+,78+,79-,80-,81-/m1/s1. The molecule has 0 N–H and O–H groups in total. The van der Waals surface area contributed by atoms with Gasteiger partial charge >= 0.3 is 59.3 Å². The summed E-state index contributed by atoms with van der Waals surface area (Å²) in [5.41, 5.74) is 3.75. The minimum absolute atomic E-state index is 0.169. The van der Waals surface area contributed by atoms with Gasteiger partial charge in [-0.25, -0.2) is 13.7 Å². The summed E-state index contributed by atoms with van der Waals surface area (Å²) < 4.78 is 163.